The van der Waals surface area contributed by atoms with Gasteiger partial charge in [0.2, 0.25) is 0 Å². The van der Waals surface area contributed by atoms with Gasteiger partial charge < -0.3 is 19.5 Å². The van der Waals surface area contributed by atoms with Gasteiger partial charge in [-0.15, -0.1) is 6.42 Å². The zero-order valence-electron chi connectivity index (χ0n) is 11.7. The van der Waals surface area contributed by atoms with Crippen LogP contribution in [-0.4, -0.2) is 33.2 Å². The lowest BCUT2D eigenvalue weighted by atomic mass is 10.2. The van der Waals surface area contributed by atoms with Gasteiger partial charge >= 0.3 is 0 Å². The summed E-state index contributed by atoms with van der Waals surface area (Å²) in [5.74, 6) is 3.26. The number of ether oxygens (including phenoxy) is 3. The van der Waals surface area contributed by atoms with Crippen molar-refractivity contribution in [3.8, 4) is 18.1 Å². The van der Waals surface area contributed by atoms with Crippen LogP contribution < -0.4 is 10.1 Å². The molecule has 0 fully saturated rings. The molecule has 0 aliphatic carbocycles. The molecular formula is C15H21NO3. The number of hydrogen-bond acceptors (Lipinski definition) is 4. The van der Waals surface area contributed by atoms with E-state index < -0.39 is 0 Å². The van der Waals surface area contributed by atoms with Crippen molar-refractivity contribution in [2.24, 2.45) is 0 Å². The number of terminal acetylenes is 1. The zero-order chi connectivity index (χ0) is 14.1. The van der Waals surface area contributed by atoms with E-state index >= 15 is 0 Å². The minimum absolute atomic E-state index is 0.0655. The minimum Gasteiger partial charge on any atom is -0.481 e. The summed E-state index contributed by atoms with van der Waals surface area (Å²) in [6.45, 7) is 2.93. The van der Waals surface area contributed by atoms with Gasteiger partial charge in [-0.3, -0.25) is 0 Å². The first kappa shape index (κ1) is 15.5. The lowest BCUT2D eigenvalue weighted by Crippen LogP contribution is -2.39. The van der Waals surface area contributed by atoms with Crippen LogP contribution in [0.4, 0.5) is 0 Å². The fourth-order valence-electron chi connectivity index (χ4n) is 1.78. The highest BCUT2D eigenvalue weighted by molar-refractivity contribution is 5.33. The molecule has 0 aliphatic heterocycles. The summed E-state index contributed by atoms with van der Waals surface area (Å²) in [4.78, 5) is 0. The molecule has 1 atom stereocenters. The molecule has 1 aromatic rings. The highest BCUT2D eigenvalue weighted by Gasteiger charge is 2.15. The first-order valence-corrected chi connectivity index (χ1v) is 6.16. The van der Waals surface area contributed by atoms with Crippen LogP contribution in [-0.2, 0) is 16.0 Å². The Morgan fingerprint density at radius 1 is 1.26 bits per heavy atom. The summed E-state index contributed by atoms with van der Waals surface area (Å²) >= 11 is 0. The fourth-order valence-corrected chi connectivity index (χ4v) is 1.78. The van der Waals surface area contributed by atoms with Crippen LogP contribution in [0.1, 0.15) is 12.5 Å². The maximum Gasteiger partial charge on any atom is 0.171 e. The lowest BCUT2D eigenvalue weighted by molar-refractivity contribution is -0.119. The third-order valence-corrected chi connectivity index (χ3v) is 2.77. The summed E-state index contributed by atoms with van der Waals surface area (Å²) in [6, 6.07) is 7.86. The van der Waals surface area contributed by atoms with Gasteiger partial charge in [0.15, 0.2) is 6.29 Å². The summed E-state index contributed by atoms with van der Waals surface area (Å²) in [5, 5.41) is 3.34. The molecular weight excluding hydrogens is 242 g/mol. The number of nitrogens with one attached hydrogen (secondary N) is 1. The molecule has 1 N–H and O–H groups in total. The highest BCUT2D eigenvalue weighted by atomic mass is 16.7. The summed E-state index contributed by atoms with van der Waals surface area (Å²) in [7, 11) is 3.24. The lowest BCUT2D eigenvalue weighted by Gasteiger charge is -2.22. The number of para-hydroxylation sites is 1. The summed E-state index contributed by atoms with van der Waals surface area (Å²) < 4.78 is 15.9. The van der Waals surface area contributed by atoms with Crippen molar-refractivity contribution in [3.63, 3.8) is 0 Å². The molecule has 4 nitrogen and oxygen atoms in total. The van der Waals surface area contributed by atoms with Gasteiger partial charge in [0.25, 0.3) is 0 Å². The maximum atomic E-state index is 5.49. The number of benzene rings is 1. The van der Waals surface area contributed by atoms with E-state index in [0.717, 1.165) is 11.3 Å². The predicted octanol–water partition coefficient (Wildman–Crippen LogP) is 1.80. The highest BCUT2D eigenvalue weighted by Crippen LogP contribution is 2.17. The van der Waals surface area contributed by atoms with Gasteiger partial charge in [0.05, 0.1) is 6.04 Å². The average molecular weight is 263 g/mol. The van der Waals surface area contributed by atoms with Gasteiger partial charge in [-0.2, -0.15) is 0 Å². The first-order valence-electron chi connectivity index (χ1n) is 6.16. The van der Waals surface area contributed by atoms with Crippen LogP contribution in [0.5, 0.6) is 5.75 Å². The molecule has 0 aliphatic rings. The monoisotopic (exact) mass is 263 g/mol. The third-order valence-electron chi connectivity index (χ3n) is 2.77. The smallest absolute Gasteiger partial charge is 0.171 e. The van der Waals surface area contributed by atoms with E-state index in [1.54, 1.807) is 14.2 Å². The Morgan fingerprint density at radius 3 is 2.58 bits per heavy atom. The topological polar surface area (TPSA) is 39.7 Å². The van der Waals surface area contributed by atoms with Gasteiger partial charge in [0.1, 0.15) is 12.4 Å². The molecule has 4 heteroatoms. The van der Waals surface area contributed by atoms with Crippen molar-refractivity contribution in [1.29, 1.82) is 0 Å². The molecule has 104 valence electrons. The molecule has 1 aromatic carbocycles. The van der Waals surface area contributed by atoms with E-state index in [1.807, 2.05) is 31.2 Å². The predicted molar refractivity (Wildman–Crippen MR) is 74.9 cm³/mol. The van der Waals surface area contributed by atoms with Crippen molar-refractivity contribution < 1.29 is 14.2 Å². The van der Waals surface area contributed by atoms with Crippen molar-refractivity contribution in [2.45, 2.75) is 25.8 Å². The second-order valence-electron chi connectivity index (χ2n) is 4.11. The van der Waals surface area contributed by atoms with Gasteiger partial charge in [0, 0.05) is 26.3 Å². The molecule has 0 bridgehead atoms. The van der Waals surface area contributed by atoms with Crippen LogP contribution >= 0.6 is 0 Å². The Labute approximate surface area is 115 Å². The zero-order valence-corrected chi connectivity index (χ0v) is 11.7. The minimum atomic E-state index is -0.279. The largest absolute Gasteiger partial charge is 0.481 e. The molecule has 1 rings (SSSR count). The molecule has 0 amide bonds. The molecule has 0 saturated heterocycles. The van der Waals surface area contributed by atoms with Crippen LogP contribution in [0.3, 0.4) is 0 Å². The first-order chi connectivity index (χ1) is 9.22. The van der Waals surface area contributed by atoms with Crippen molar-refractivity contribution >= 4 is 0 Å². The Bertz CT molecular complexity index is 410. The van der Waals surface area contributed by atoms with E-state index in [0.29, 0.717) is 6.54 Å². The van der Waals surface area contributed by atoms with E-state index in [1.165, 1.54) is 0 Å². The van der Waals surface area contributed by atoms with Gasteiger partial charge in [-0.25, -0.2) is 0 Å². The van der Waals surface area contributed by atoms with Crippen LogP contribution in [0.25, 0.3) is 0 Å². The molecule has 0 aromatic heterocycles. The number of methoxy groups -OCH3 is 2. The number of hydrogen-bond donors (Lipinski definition) is 1. The normalized spacial score (nSPS) is 12.2. The van der Waals surface area contributed by atoms with E-state index in [9.17, 15) is 0 Å². The quantitative estimate of drug-likeness (QED) is 0.573. The number of rotatable bonds is 8. The second kappa shape index (κ2) is 8.54. The Morgan fingerprint density at radius 2 is 1.95 bits per heavy atom. The Hall–Kier alpha value is -1.54. The average Bonchev–Trinajstić information content (AvgIpc) is 2.45. The van der Waals surface area contributed by atoms with E-state index in [4.69, 9.17) is 20.6 Å². The molecule has 0 saturated carbocycles. The van der Waals surface area contributed by atoms with E-state index in [2.05, 4.69) is 11.2 Å². The molecule has 19 heavy (non-hydrogen) atoms. The van der Waals surface area contributed by atoms with Crippen LogP contribution in [0.2, 0.25) is 0 Å². The summed E-state index contributed by atoms with van der Waals surface area (Å²) in [6.07, 6.45) is 4.92. The van der Waals surface area contributed by atoms with Crippen LogP contribution in [0, 0.1) is 12.3 Å². The fraction of sp³-hybridized carbons (Fsp3) is 0.467. The van der Waals surface area contributed by atoms with Crippen molar-refractivity contribution in [3.05, 3.63) is 29.8 Å². The molecule has 0 radical (unpaired) electrons. The molecule has 0 spiro atoms. The third kappa shape index (κ3) is 4.92. The van der Waals surface area contributed by atoms with Crippen molar-refractivity contribution in [1.82, 2.24) is 5.32 Å². The second-order valence-corrected chi connectivity index (χ2v) is 4.11. The van der Waals surface area contributed by atoms with E-state index in [-0.39, 0.29) is 18.9 Å². The van der Waals surface area contributed by atoms with Crippen molar-refractivity contribution in [2.75, 3.05) is 20.8 Å². The maximum absolute atomic E-state index is 5.49. The van der Waals surface area contributed by atoms with Gasteiger partial charge in [-0.1, -0.05) is 24.1 Å². The molecule has 1 unspecified atom stereocenters. The van der Waals surface area contributed by atoms with Gasteiger partial charge in [-0.05, 0) is 13.0 Å². The SMILES string of the molecule is C#CCOc1ccccc1CNC(C)C(OC)OC. The Balaban J connectivity index is 2.59. The standard InChI is InChI=1S/C15H21NO3/c1-5-10-19-14-9-7-6-8-13(14)11-16-12(2)15(17-3)18-4/h1,6-9,12,15-16H,10-11H2,2-4H3. The Kier molecular flexibility index (Phi) is 6.98. The van der Waals surface area contributed by atoms with Crippen LogP contribution in [0.15, 0.2) is 24.3 Å². The summed E-state index contributed by atoms with van der Waals surface area (Å²) in [5.41, 5.74) is 1.05. The molecule has 0 heterocycles.